The van der Waals surface area contributed by atoms with Crippen molar-refractivity contribution in [2.45, 2.75) is 45.2 Å². The summed E-state index contributed by atoms with van der Waals surface area (Å²) in [6.45, 7) is 10.2. The predicted molar refractivity (Wildman–Crippen MR) is 77.7 cm³/mol. The lowest BCUT2D eigenvalue weighted by Crippen LogP contribution is -2.44. The number of benzene rings is 1. The summed E-state index contributed by atoms with van der Waals surface area (Å²) >= 11 is 0. The summed E-state index contributed by atoms with van der Waals surface area (Å²) in [7, 11) is 0. The number of likely N-dealkylation sites (tertiary alicyclic amines) is 1. The monoisotopic (exact) mass is 246 g/mol. The molecule has 1 heterocycles. The summed E-state index contributed by atoms with van der Waals surface area (Å²) in [4.78, 5) is 2.67. The topological polar surface area (TPSA) is 15.3 Å². The lowest BCUT2D eigenvalue weighted by molar-refractivity contribution is 0.114. The fourth-order valence-electron chi connectivity index (χ4n) is 3.07. The van der Waals surface area contributed by atoms with Crippen LogP contribution < -0.4 is 5.32 Å². The van der Waals surface area contributed by atoms with Gasteiger partial charge in [-0.2, -0.15) is 0 Å². The summed E-state index contributed by atoms with van der Waals surface area (Å²) in [6.07, 6.45) is 2.63. The van der Waals surface area contributed by atoms with E-state index < -0.39 is 0 Å². The molecule has 0 aliphatic carbocycles. The molecule has 0 saturated carbocycles. The van der Waals surface area contributed by atoms with E-state index >= 15 is 0 Å². The first-order chi connectivity index (χ1) is 8.65. The van der Waals surface area contributed by atoms with E-state index in [1.807, 2.05) is 0 Å². The smallest absolute Gasteiger partial charge is 0.0477 e. The van der Waals surface area contributed by atoms with Gasteiger partial charge in [0.2, 0.25) is 0 Å². The number of hydrogen-bond donors (Lipinski definition) is 1. The van der Waals surface area contributed by atoms with E-state index in [1.54, 1.807) is 0 Å². The molecule has 0 amide bonds. The third-order valence-corrected chi connectivity index (χ3v) is 4.11. The summed E-state index contributed by atoms with van der Waals surface area (Å²) < 4.78 is 0. The molecular weight excluding hydrogens is 220 g/mol. The molecule has 2 nitrogen and oxygen atoms in total. The zero-order chi connectivity index (χ0) is 13.0. The van der Waals surface area contributed by atoms with Gasteiger partial charge >= 0.3 is 0 Å². The molecule has 2 rings (SSSR count). The van der Waals surface area contributed by atoms with Crippen molar-refractivity contribution in [3.8, 4) is 0 Å². The second-order valence-corrected chi connectivity index (χ2v) is 5.84. The van der Waals surface area contributed by atoms with Crippen molar-refractivity contribution < 1.29 is 0 Å². The van der Waals surface area contributed by atoms with Crippen LogP contribution in [0.15, 0.2) is 30.3 Å². The van der Waals surface area contributed by atoms with E-state index in [-0.39, 0.29) is 0 Å². The number of hydrogen-bond acceptors (Lipinski definition) is 2. The van der Waals surface area contributed by atoms with E-state index in [1.165, 1.54) is 24.9 Å². The third-order valence-electron chi connectivity index (χ3n) is 4.11. The van der Waals surface area contributed by atoms with Gasteiger partial charge in [0.05, 0.1) is 0 Å². The third kappa shape index (κ3) is 2.93. The van der Waals surface area contributed by atoms with Crippen LogP contribution in [-0.4, -0.2) is 30.1 Å². The molecule has 1 aromatic carbocycles. The summed E-state index contributed by atoms with van der Waals surface area (Å²) in [5.41, 5.74) is 1.77. The number of nitrogens with one attached hydrogen (secondary N) is 1. The number of rotatable bonds is 5. The van der Waals surface area contributed by atoms with Crippen molar-refractivity contribution in [3.63, 3.8) is 0 Å². The molecule has 1 aliphatic heterocycles. The molecule has 0 radical (unpaired) electrons. The molecule has 100 valence electrons. The van der Waals surface area contributed by atoms with Gasteiger partial charge in [-0.3, -0.25) is 4.90 Å². The highest BCUT2D eigenvalue weighted by molar-refractivity contribution is 5.20. The summed E-state index contributed by atoms with van der Waals surface area (Å²) in [5, 5.41) is 3.52. The van der Waals surface area contributed by atoms with Crippen LogP contribution in [0.3, 0.4) is 0 Å². The van der Waals surface area contributed by atoms with Gasteiger partial charge in [-0.25, -0.2) is 0 Å². The first-order valence-electron chi connectivity index (χ1n) is 7.17. The molecular formula is C16H26N2. The van der Waals surface area contributed by atoms with Crippen molar-refractivity contribution >= 4 is 0 Å². The zero-order valence-electron chi connectivity index (χ0n) is 11.9. The van der Waals surface area contributed by atoms with Crippen molar-refractivity contribution in [2.24, 2.45) is 0 Å². The Hall–Kier alpha value is -0.860. The Morgan fingerprint density at radius 2 is 2.00 bits per heavy atom. The molecule has 0 spiro atoms. The fourth-order valence-corrected chi connectivity index (χ4v) is 3.07. The first-order valence-corrected chi connectivity index (χ1v) is 7.17. The van der Waals surface area contributed by atoms with Crippen molar-refractivity contribution in [2.75, 3.05) is 19.6 Å². The van der Waals surface area contributed by atoms with Gasteiger partial charge < -0.3 is 5.32 Å². The van der Waals surface area contributed by atoms with Crippen molar-refractivity contribution in [1.29, 1.82) is 0 Å². The van der Waals surface area contributed by atoms with Crippen LogP contribution in [0.25, 0.3) is 0 Å². The molecule has 2 heteroatoms. The molecule has 0 bridgehead atoms. The minimum absolute atomic E-state index is 0.329. The quantitative estimate of drug-likeness (QED) is 0.858. The maximum Gasteiger partial charge on any atom is 0.0477 e. The Bertz CT molecular complexity index is 359. The predicted octanol–water partition coefficient (Wildman–Crippen LogP) is 3.21. The van der Waals surface area contributed by atoms with Crippen LogP contribution in [0.2, 0.25) is 0 Å². The van der Waals surface area contributed by atoms with Crippen LogP contribution in [0, 0.1) is 0 Å². The van der Waals surface area contributed by atoms with Gasteiger partial charge in [0.25, 0.3) is 0 Å². The second kappa shape index (κ2) is 5.85. The van der Waals surface area contributed by atoms with Gasteiger partial charge in [0, 0.05) is 18.1 Å². The molecule has 1 aromatic rings. The van der Waals surface area contributed by atoms with E-state index in [9.17, 15) is 0 Å². The Morgan fingerprint density at radius 1 is 1.28 bits per heavy atom. The standard InChI is InChI=1S/C16H26N2/c1-4-17-13-15(14-9-6-5-7-10-14)18-12-8-11-16(18,2)3/h5-7,9-10,15,17H,4,8,11-13H2,1-3H3. The lowest BCUT2D eigenvalue weighted by Gasteiger charge is -2.39. The Balaban J connectivity index is 2.20. The summed E-state index contributed by atoms with van der Waals surface area (Å²) in [5.74, 6) is 0. The molecule has 1 N–H and O–H groups in total. The van der Waals surface area contributed by atoms with Crippen LogP contribution >= 0.6 is 0 Å². The highest BCUT2D eigenvalue weighted by Gasteiger charge is 2.36. The normalized spacial score (nSPS) is 21.1. The number of nitrogens with zero attached hydrogens (tertiary/aromatic N) is 1. The Morgan fingerprint density at radius 3 is 2.56 bits per heavy atom. The van der Waals surface area contributed by atoms with Crippen LogP contribution in [-0.2, 0) is 0 Å². The molecule has 1 unspecified atom stereocenters. The maximum atomic E-state index is 3.52. The molecule has 1 atom stereocenters. The fraction of sp³-hybridized carbons (Fsp3) is 0.625. The van der Waals surface area contributed by atoms with E-state index in [4.69, 9.17) is 0 Å². The highest BCUT2D eigenvalue weighted by atomic mass is 15.2. The van der Waals surface area contributed by atoms with Gasteiger partial charge in [-0.05, 0) is 45.3 Å². The zero-order valence-corrected chi connectivity index (χ0v) is 11.9. The molecule has 18 heavy (non-hydrogen) atoms. The number of likely N-dealkylation sites (N-methyl/N-ethyl adjacent to an activating group) is 1. The van der Waals surface area contributed by atoms with Gasteiger partial charge in [0.15, 0.2) is 0 Å². The van der Waals surface area contributed by atoms with Gasteiger partial charge in [-0.1, -0.05) is 37.3 Å². The van der Waals surface area contributed by atoms with Crippen LogP contribution in [0.1, 0.15) is 45.2 Å². The van der Waals surface area contributed by atoms with Gasteiger partial charge in [-0.15, -0.1) is 0 Å². The second-order valence-electron chi connectivity index (χ2n) is 5.84. The van der Waals surface area contributed by atoms with Crippen molar-refractivity contribution in [1.82, 2.24) is 10.2 Å². The lowest BCUT2D eigenvalue weighted by atomic mass is 9.97. The van der Waals surface area contributed by atoms with Crippen LogP contribution in [0.4, 0.5) is 0 Å². The summed E-state index contributed by atoms with van der Waals surface area (Å²) in [6, 6.07) is 11.4. The largest absolute Gasteiger partial charge is 0.315 e. The Kier molecular flexibility index (Phi) is 4.41. The molecule has 0 aromatic heterocycles. The minimum atomic E-state index is 0.329. The van der Waals surface area contributed by atoms with Crippen molar-refractivity contribution in [3.05, 3.63) is 35.9 Å². The average Bonchev–Trinajstić information content (AvgIpc) is 2.71. The van der Waals surface area contributed by atoms with Crippen LogP contribution in [0.5, 0.6) is 0 Å². The van der Waals surface area contributed by atoms with E-state index in [2.05, 4.69) is 61.3 Å². The molecule has 1 aliphatic rings. The minimum Gasteiger partial charge on any atom is -0.315 e. The van der Waals surface area contributed by atoms with Gasteiger partial charge in [0.1, 0.15) is 0 Å². The Labute approximate surface area is 111 Å². The maximum absolute atomic E-state index is 3.52. The molecule has 1 saturated heterocycles. The molecule has 1 fully saturated rings. The average molecular weight is 246 g/mol. The van der Waals surface area contributed by atoms with E-state index in [0.717, 1.165) is 13.1 Å². The van der Waals surface area contributed by atoms with E-state index in [0.29, 0.717) is 11.6 Å². The highest BCUT2D eigenvalue weighted by Crippen LogP contribution is 2.36. The SMILES string of the molecule is CCNCC(c1ccccc1)N1CCCC1(C)C. The first kappa shape index (κ1) is 13.6.